The van der Waals surface area contributed by atoms with Gasteiger partial charge in [-0.1, -0.05) is 5.92 Å². The summed E-state index contributed by atoms with van der Waals surface area (Å²) in [5.41, 5.74) is 8.63. The maximum atomic E-state index is 9.95. The average Bonchev–Trinajstić information content (AvgIpc) is 3.52. The van der Waals surface area contributed by atoms with Crippen molar-refractivity contribution in [2.45, 2.75) is 37.8 Å². The summed E-state index contributed by atoms with van der Waals surface area (Å²) in [6.45, 7) is 3.51. The molecule has 10 nitrogen and oxygen atoms in total. The van der Waals surface area contributed by atoms with Crippen molar-refractivity contribution in [2.24, 2.45) is 0 Å². The number of fused-ring (bicyclic) bond motifs is 3. The second-order valence-corrected chi connectivity index (χ2v) is 9.66. The Balaban J connectivity index is 1.45. The minimum Gasteiger partial charge on any atom is -0.496 e. The van der Waals surface area contributed by atoms with Crippen molar-refractivity contribution >= 4 is 50.8 Å². The van der Waals surface area contributed by atoms with E-state index in [1.54, 1.807) is 16.3 Å². The van der Waals surface area contributed by atoms with Gasteiger partial charge in [0.15, 0.2) is 11.5 Å². The van der Waals surface area contributed by atoms with Crippen LogP contribution in [0.4, 0.5) is 11.6 Å². The number of anilines is 2. The summed E-state index contributed by atoms with van der Waals surface area (Å²) in [7, 11) is 1.64. The normalized spacial score (nSPS) is 18.2. The van der Waals surface area contributed by atoms with Crippen molar-refractivity contribution in [1.29, 1.82) is 0 Å². The summed E-state index contributed by atoms with van der Waals surface area (Å²) >= 11 is 2.24. The van der Waals surface area contributed by atoms with Crippen molar-refractivity contribution in [3.8, 4) is 18.1 Å². The van der Waals surface area contributed by atoms with E-state index in [0.717, 1.165) is 57.7 Å². The van der Waals surface area contributed by atoms with Crippen LogP contribution >= 0.6 is 22.6 Å². The highest BCUT2D eigenvalue weighted by molar-refractivity contribution is 14.1. The molecular formula is C23H25IN8O2. The zero-order chi connectivity index (χ0) is 24.0. The number of nitrogens with two attached hydrogens (primary N) is 1. The van der Waals surface area contributed by atoms with Crippen LogP contribution in [0.1, 0.15) is 37.5 Å². The highest BCUT2D eigenvalue weighted by atomic mass is 127. The summed E-state index contributed by atoms with van der Waals surface area (Å²) < 4.78 is 9.73. The number of nitrogens with zero attached hydrogens (tertiary/aromatic N) is 7. The number of aliphatic hydroxyl groups excluding tert-OH is 1. The zero-order valence-electron chi connectivity index (χ0n) is 18.9. The lowest BCUT2D eigenvalue weighted by molar-refractivity contribution is 0.167. The maximum Gasteiger partial charge on any atom is 0.223 e. The Kier molecular flexibility index (Phi) is 5.95. The van der Waals surface area contributed by atoms with Gasteiger partial charge in [-0.3, -0.25) is 4.68 Å². The number of benzene rings is 1. The monoisotopic (exact) mass is 572 g/mol. The van der Waals surface area contributed by atoms with Gasteiger partial charge in [-0.15, -0.1) is 11.5 Å². The van der Waals surface area contributed by atoms with Gasteiger partial charge >= 0.3 is 0 Å². The molecule has 1 aliphatic rings. The van der Waals surface area contributed by atoms with E-state index in [9.17, 15) is 5.11 Å². The Hall–Kier alpha value is -3.11. The van der Waals surface area contributed by atoms with Gasteiger partial charge in [0.1, 0.15) is 11.9 Å². The molecular weight excluding hydrogens is 547 g/mol. The van der Waals surface area contributed by atoms with Crippen LogP contribution in [0.2, 0.25) is 0 Å². The molecule has 11 heteroatoms. The number of terminal acetylenes is 1. The summed E-state index contributed by atoms with van der Waals surface area (Å²) in [4.78, 5) is 11.7. The van der Waals surface area contributed by atoms with Gasteiger partial charge in [0.2, 0.25) is 5.95 Å². The zero-order valence-corrected chi connectivity index (χ0v) is 21.0. The number of aliphatic hydroxyl groups is 1. The highest BCUT2D eigenvalue weighted by Gasteiger charge is 2.27. The molecule has 4 heterocycles. The van der Waals surface area contributed by atoms with Crippen LogP contribution < -0.4 is 15.4 Å². The van der Waals surface area contributed by atoms with E-state index >= 15 is 0 Å². The third kappa shape index (κ3) is 3.90. The molecule has 0 saturated carbocycles. The second-order valence-electron chi connectivity index (χ2n) is 8.50. The van der Waals surface area contributed by atoms with Crippen LogP contribution in [-0.2, 0) is 0 Å². The Bertz CT molecular complexity index is 1410. The lowest BCUT2D eigenvalue weighted by Crippen LogP contribution is -2.34. The molecule has 0 amide bonds. The van der Waals surface area contributed by atoms with Gasteiger partial charge in [-0.25, -0.2) is 9.97 Å². The van der Waals surface area contributed by atoms with Gasteiger partial charge < -0.3 is 20.5 Å². The Labute approximate surface area is 210 Å². The van der Waals surface area contributed by atoms with Crippen LogP contribution in [0, 0.1) is 15.9 Å². The lowest BCUT2D eigenvalue weighted by Gasteiger charge is -2.32. The standard InChI is InChI=1S/C23H25IN8O2/c1-4-19(33)13(2)31-12-15(10-26-31)30-7-5-6-14(11-30)21-28-22-16-8-17(24)20(34-3)9-18(16)27-23(25)32(22)29-21/h1,8-10,12-14,19,33H,5-7,11H2,2-3H3,(H2,25,27)/t13-,14+,19+/m0/s1. The molecule has 3 atom stereocenters. The quantitative estimate of drug-likeness (QED) is 0.277. The number of rotatable bonds is 5. The molecule has 3 N–H and O–H groups in total. The van der Waals surface area contributed by atoms with E-state index < -0.39 is 6.10 Å². The van der Waals surface area contributed by atoms with Gasteiger partial charge in [0, 0.05) is 36.7 Å². The van der Waals surface area contributed by atoms with Gasteiger partial charge in [0.25, 0.3) is 0 Å². The lowest BCUT2D eigenvalue weighted by atomic mass is 9.97. The summed E-state index contributed by atoms with van der Waals surface area (Å²) in [6.07, 6.45) is 10.2. The molecule has 1 fully saturated rings. The van der Waals surface area contributed by atoms with Crippen molar-refractivity contribution in [3.63, 3.8) is 0 Å². The fraction of sp³-hybridized carbons (Fsp3) is 0.391. The molecule has 1 saturated heterocycles. The van der Waals surface area contributed by atoms with E-state index in [1.165, 1.54) is 0 Å². The number of methoxy groups -OCH3 is 1. The molecule has 0 aliphatic carbocycles. The number of aromatic nitrogens is 6. The van der Waals surface area contributed by atoms with Crippen LogP contribution in [0.3, 0.4) is 0 Å². The van der Waals surface area contributed by atoms with Crippen LogP contribution in [0.25, 0.3) is 16.6 Å². The number of halogens is 1. The number of hydrogen-bond acceptors (Lipinski definition) is 8. The Morgan fingerprint density at radius 1 is 1.35 bits per heavy atom. The van der Waals surface area contributed by atoms with E-state index in [2.05, 4.69) is 43.5 Å². The van der Waals surface area contributed by atoms with Crippen molar-refractivity contribution in [1.82, 2.24) is 29.4 Å². The van der Waals surface area contributed by atoms with E-state index in [0.29, 0.717) is 11.6 Å². The van der Waals surface area contributed by atoms with Crippen molar-refractivity contribution in [2.75, 3.05) is 30.8 Å². The third-order valence-corrected chi connectivity index (χ3v) is 7.21. The Morgan fingerprint density at radius 2 is 2.18 bits per heavy atom. The third-order valence-electron chi connectivity index (χ3n) is 6.37. The minimum absolute atomic E-state index is 0.137. The first-order chi connectivity index (χ1) is 16.4. The molecule has 0 radical (unpaired) electrons. The molecule has 3 aromatic heterocycles. The second kappa shape index (κ2) is 8.92. The molecule has 176 valence electrons. The SMILES string of the molecule is C#C[C@@H](O)[C@H](C)n1cc(N2CCC[C@@H](c3nc4c5cc(I)c(OC)cc5nc(N)n4n3)C2)cn1. The van der Waals surface area contributed by atoms with Crippen LogP contribution in [0.5, 0.6) is 5.75 Å². The van der Waals surface area contributed by atoms with Crippen LogP contribution in [-0.4, -0.2) is 60.8 Å². The number of hydrogen-bond donors (Lipinski definition) is 2. The van der Waals surface area contributed by atoms with Gasteiger partial charge in [-0.05, 0) is 48.4 Å². The molecule has 34 heavy (non-hydrogen) atoms. The first-order valence-corrected chi connectivity index (χ1v) is 12.1. The highest BCUT2D eigenvalue weighted by Crippen LogP contribution is 2.32. The van der Waals surface area contributed by atoms with E-state index in [1.807, 2.05) is 31.5 Å². The van der Waals surface area contributed by atoms with Gasteiger partial charge in [0.05, 0.1) is 34.1 Å². The molecule has 1 aromatic carbocycles. The predicted molar refractivity (Wildman–Crippen MR) is 138 cm³/mol. The first-order valence-electron chi connectivity index (χ1n) is 11.0. The average molecular weight is 572 g/mol. The predicted octanol–water partition coefficient (Wildman–Crippen LogP) is 2.61. The number of ether oxygens (including phenoxy) is 1. The summed E-state index contributed by atoms with van der Waals surface area (Å²) in [6, 6.07) is 3.58. The smallest absolute Gasteiger partial charge is 0.223 e. The maximum absolute atomic E-state index is 9.95. The summed E-state index contributed by atoms with van der Waals surface area (Å²) in [5, 5.41) is 20.0. The summed E-state index contributed by atoms with van der Waals surface area (Å²) in [5.74, 6) is 4.28. The van der Waals surface area contributed by atoms with E-state index in [-0.39, 0.29) is 12.0 Å². The molecule has 0 unspecified atom stereocenters. The Morgan fingerprint density at radius 3 is 2.94 bits per heavy atom. The minimum atomic E-state index is -0.888. The molecule has 0 bridgehead atoms. The molecule has 0 spiro atoms. The first kappa shape index (κ1) is 22.7. The van der Waals surface area contributed by atoms with Crippen molar-refractivity contribution in [3.05, 3.63) is 33.9 Å². The van der Waals surface area contributed by atoms with Crippen LogP contribution in [0.15, 0.2) is 24.5 Å². The number of piperidine rings is 1. The largest absolute Gasteiger partial charge is 0.496 e. The fourth-order valence-corrected chi connectivity index (χ4v) is 5.08. The molecule has 4 aromatic rings. The number of nitrogen functional groups attached to an aromatic ring is 1. The molecule has 1 aliphatic heterocycles. The van der Waals surface area contributed by atoms with Gasteiger partial charge in [-0.2, -0.15) is 9.61 Å². The van der Waals surface area contributed by atoms with E-state index in [4.69, 9.17) is 27.0 Å². The molecule has 5 rings (SSSR count). The van der Waals surface area contributed by atoms with Crippen molar-refractivity contribution < 1.29 is 9.84 Å². The fourth-order valence-electron chi connectivity index (χ4n) is 4.40. The topological polar surface area (TPSA) is 120 Å².